The van der Waals surface area contributed by atoms with Crippen LogP contribution in [0.25, 0.3) is 0 Å². The summed E-state index contributed by atoms with van der Waals surface area (Å²) < 4.78 is 43.8. The Balaban J connectivity index is 2.10. The minimum absolute atomic E-state index is 0.0350. The number of aliphatic hydroxyl groups excluding tert-OH is 1. The maximum absolute atomic E-state index is 12.8. The van der Waals surface area contributed by atoms with Crippen LogP contribution in [0.3, 0.4) is 0 Å². The zero-order chi connectivity index (χ0) is 17.0. The summed E-state index contributed by atoms with van der Waals surface area (Å²) in [4.78, 5) is 18.8. The predicted molar refractivity (Wildman–Crippen MR) is 71.1 cm³/mol. The van der Waals surface area contributed by atoms with Gasteiger partial charge in [-0.15, -0.1) is 0 Å². The number of carbonyl (C=O) groups is 1. The lowest BCUT2D eigenvalue weighted by Crippen LogP contribution is -2.41. The Kier molecular flexibility index (Phi) is 5.24. The number of carboxylic acid groups (broad SMARTS) is 1. The first kappa shape index (κ1) is 17.3. The number of piperidine rings is 1. The summed E-state index contributed by atoms with van der Waals surface area (Å²) in [5.41, 5.74) is 0.0350. The van der Waals surface area contributed by atoms with Crippen LogP contribution in [-0.4, -0.2) is 57.0 Å². The number of nitrogens with zero attached hydrogens (tertiary/aromatic N) is 3. The molecule has 7 nitrogen and oxygen atoms in total. The van der Waals surface area contributed by atoms with Crippen LogP contribution in [0.2, 0.25) is 0 Å². The summed E-state index contributed by atoms with van der Waals surface area (Å²) in [5, 5.41) is 17.7. The monoisotopic (exact) mass is 335 g/mol. The number of alkyl halides is 3. The molecule has 1 fully saturated rings. The Bertz CT molecular complexity index is 560. The van der Waals surface area contributed by atoms with Gasteiger partial charge in [0.05, 0.1) is 5.69 Å². The van der Waals surface area contributed by atoms with Gasteiger partial charge in [0, 0.05) is 45.0 Å². The van der Waals surface area contributed by atoms with Crippen molar-refractivity contribution in [2.45, 2.75) is 31.5 Å². The summed E-state index contributed by atoms with van der Waals surface area (Å²) in [6.45, 7) is 0.159. The van der Waals surface area contributed by atoms with Crippen molar-refractivity contribution in [2.24, 2.45) is 0 Å². The highest BCUT2D eigenvalue weighted by Crippen LogP contribution is 2.28. The lowest BCUT2D eigenvalue weighted by molar-refractivity contribution is -0.145. The Hall–Kier alpha value is -2.10. The fourth-order valence-electron chi connectivity index (χ4n) is 2.24. The maximum Gasteiger partial charge on any atom is 0.451 e. The van der Waals surface area contributed by atoms with Gasteiger partial charge in [-0.05, 0) is 0 Å². The molecule has 2 N–H and O–H groups in total. The Morgan fingerprint density at radius 2 is 2.00 bits per heavy atom. The molecule has 0 saturated carbocycles. The van der Waals surface area contributed by atoms with Crippen LogP contribution in [-0.2, 0) is 12.6 Å². The number of halogens is 3. The summed E-state index contributed by atoms with van der Waals surface area (Å²) in [7, 11) is 0. The molecule has 2 heterocycles. The van der Waals surface area contributed by atoms with Crippen LogP contribution in [0.1, 0.15) is 24.4 Å². The van der Waals surface area contributed by atoms with E-state index in [0.29, 0.717) is 12.8 Å². The van der Waals surface area contributed by atoms with E-state index in [-0.39, 0.29) is 37.7 Å². The molecule has 0 radical (unpaired) electrons. The Morgan fingerprint density at radius 1 is 1.35 bits per heavy atom. The highest BCUT2D eigenvalue weighted by molar-refractivity contribution is 5.65. The summed E-state index contributed by atoms with van der Waals surface area (Å²) in [6, 6.07) is 1.26. The molecule has 1 aliphatic rings. The molecule has 0 bridgehead atoms. The van der Waals surface area contributed by atoms with E-state index in [0.717, 1.165) is 0 Å². The van der Waals surface area contributed by atoms with Crippen molar-refractivity contribution in [1.82, 2.24) is 14.9 Å². The van der Waals surface area contributed by atoms with Crippen LogP contribution < -0.4 is 4.74 Å². The van der Waals surface area contributed by atoms with Crippen molar-refractivity contribution in [3.63, 3.8) is 0 Å². The first-order valence-electron chi connectivity index (χ1n) is 7.00. The molecular formula is C13H16F3N3O4. The van der Waals surface area contributed by atoms with Crippen molar-refractivity contribution < 1.29 is 32.9 Å². The minimum Gasteiger partial charge on any atom is -0.474 e. The molecule has 128 valence electrons. The smallest absolute Gasteiger partial charge is 0.451 e. The standard InChI is InChI=1S/C13H16F3N3O4/c14-13(15,16)11-17-8(3-6-20)7-10(18-11)23-9-1-4-19(5-2-9)12(21)22/h7,9,20H,1-6H2,(H,21,22). The molecule has 0 aromatic carbocycles. The third-order valence-electron chi connectivity index (χ3n) is 3.38. The summed E-state index contributed by atoms with van der Waals surface area (Å²) >= 11 is 0. The number of hydrogen-bond donors (Lipinski definition) is 2. The van der Waals surface area contributed by atoms with Crippen LogP contribution >= 0.6 is 0 Å². The van der Waals surface area contributed by atoms with Gasteiger partial charge in [-0.2, -0.15) is 18.2 Å². The number of likely N-dealkylation sites (tertiary alicyclic amines) is 1. The van der Waals surface area contributed by atoms with E-state index >= 15 is 0 Å². The molecule has 1 aromatic rings. The highest BCUT2D eigenvalue weighted by Gasteiger charge is 2.36. The fraction of sp³-hybridized carbons (Fsp3) is 0.615. The molecule has 0 unspecified atom stereocenters. The molecule has 2 rings (SSSR count). The largest absolute Gasteiger partial charge is 0.474 e. The number of rotatable bonds is 4. The van der Waals surface area contributed by atoms with E-state index in [1.165, 1.54) is 11.0 Å². The second kappa shape index (κ2) is 6.99. The van der Waals surface area contributed by atoms with Gasteiger partial charge in [0.15, 0.2) is 0 Å². The van der Waals surface area contributed by atoms with E-state index in [4.69, 9.17) is 14.9 Å². The van der Waals surface area contributed by atoms with Crippen LogP contribution in [0.5, 0.6) is 5.88 Å². The zero-order valence-electron chi connectivity index (χ0n) is 12.1. The lowest BCUT2D eigenvalue weighted by atomic mass is 10.1. The maximum atomic E-state index is 12.8. The van der Waals surface area contributed by atoms with Gasteiger partial charge in [-0.1, -0.05) is 0 Å². The Morgan fingerprint density at radius 3 is 2.52 bits per heavy atom. The van der Waals surface area contributed by atoms with Crippen LogP contribution in [0.15, 0.2) is 6.07 Å². The van der Waals surface area contributed by atoms with Crippen molar-refractivity contribution in [3.05, 3.63) is 17.6 Å². The van der Waals surface area contributed by atoms with Crippen LogP contribution in [0, 0.1) is 0 Å². The molecule has 1 saturated heterocycles. The first-order valence-corrected chi connectivity index (χ1v) is 7.00. The number of amides is 1. The predicted octanol–water partition coefficient (Wildman–Crippen LogP) is 1.55. The second-order valence-corrected chi connectivity index (χ2v) is 5.08. The fourth-order valence-corrected chi connectivity index (χ4v) is 2.24. The van der Waals surface area contributed by atoms with E-state index < -0.39 is 24.2 Å². The normalized spacial score (nSPS) is 16.4. The number of ether oxygens (including phenoxy) is 1. The van der Waals surface area contributed by atoms with Gasteiger partial charge in [-0.25, -0.2) is 9.78 Å². The highest BCUT2D eigenvalue weighted by atomic mass is 19.4. The summed E-state index contributed by atoms with van der Waals surface area (Å²) in [5.74, 6) is -1.54. The number of aromatic nitrogens is 2. The molecule has 1 amide bonds. The number of aliphatic hydroxyl groups is 1. The van der Waals surface area contributed by atoms with Gasteiger partial charge < -0.3 is 19.8 Å². The lowest BCUT2D eigenvalue weighted by Gasteiger charge is -2.30. The van der Waals surface area contributed by atoms with Gasteiger partial charge in [-0.3, -0.25) is 0 Å². The van der Waals surface area contributed by atoms with Crippen molar-refractivity contribution in [2.75, 3.05) is 19.7 Å². The van der Waals surface area contributed by atoms with E-state index in [1.54, 1.807) is 0 Å². The molecule has 0 spiro atoms. The third kappa shape index (κ3) is 4.68. The topological polar surface area (TPSA) is 95.8 Å². The van der Waals surface area contributed by atoms with Gasteiger partial charge in [0.25, 0.3) is 0 Å². The van der Waals surface area contributed by atoms with Crippen molar-refractivity contribution in [3.8, 4) is 5.88 Å². The van der Waals surface area contributed by atoms with Gasteiger partial charge in [0.1, 0.15) is 6.10 Å². The molecule has 10 heteroatoms. The minimum atomic E-state index is -4.71. The van der Waals surface area contributed by atoms with Crippen molar-refractivity contribution in [1.29, 1.82) is 0 Å². The molecule has 0 aliphatic carbocycles. The first-order chi connectivity index (χ1) is 10.8. The quantitative estimate of drug-likeness (QED) is 0.867. The summed E-state index contributed by atoms with van der Waals surface area (Å²) in [6.07, 6.45) is -5.46. The van der Waals surface area contributed by atoms with Crippen LogP contribution in [0.4, 0.5) is 18.0 Å². The second-order valence-electron chi connectivity index (χ2n) is 5.08. The average molecular weight is 335 g/mol. The van der Waals surface area contributed by atoms with E-state index in [2.05, 4.69) is 9.97 Å². The van der Waals surface area contributed by atoms with E-state index in [1.807, 2.05) is 0 Å². The Labute approximate surface area is 129 Å². The molecule has 1 aliphatic heterocycles. The zero-order valence-corrected chi connectivity index (χ0v) is 12.1. The molecule has 0 atom stereocenters. The SMILES string of the molecule is O=C(O)N1CCC(Oc2cc(CCO)nc(C(F)(F)F)n2)CC1. The van der Waals surface area contributed by atoms with Crippen molar-refractivity contribution >= 4 is 6.09 Å². The molecule has 1 aromatic heterocycles. The third-order valence-corrected chi connectivity index (χ3v) is 3.38. The molecule has 23 heavy (non-hydrogen) atoms. The average Bonchev–Trinajstić information content (AvgIpc) is 2.47. The van der Waals surface area contributed by atoms with E-state index in [9.17, 15) is 18.0 Å². The van der Waals surface area contributed by atoms with Gasteiger partial charge in [0.2, 0.25) is 11.7 Å². The molecular weight excluding hydrogens is 319 g/mol. The van der Waals surface area contributed by atoms with Gasteiger partial charge >= 0.3 is 12.3 Å². The number of hydrogen-bond acceptors (Lipinski definition) is 5.